The van der Waals surface area contributed by atoms with Crippen LogP contribution in [0.25, 0.3) is 0 Å². The summed E-state index contributed by atoms with van der Waals surface area (Å²) in [5.41, 5.74) is 1.72. The highest BCUT2D eigenvalue weighted by Crippen LogP contribution is 2.24. The molecule has 0 saturated carbocycles. The lowest BCUT2D eigenvalue weighted by Crippen LogP contribution is -2.27. The quantitative estimate of drug-likeness (QED) is 0.886. The number of nitrogens with one attached hydrogen (secondary N) is 1. The maximum Gasteiger partial charge on any atom is 0.256 e. The summed E-state index contributed by atoms with van der Waals surface area (Å²) < 4.78 is 5.90. The fourth-order valence-corrected chi connectivity index (χ4v) is 3.58. The Kier molecular flexibility index (Phi) is 5.53. The predicted molar refractivity (Wildman–Crippen MR) is 93.1 cm³/mol. The molecule has 1 fully saturated rings. The molecule has 5 heteroatoms. The molecule has 1 aliphatic heterocycles. The van der Waals surface area contributed by atoms with Crippen LogP contribution in [0.5, 0.6) is 5.88 Å². The van der Waals surface area contributed by atoms with Crippen LogP contribution in [0.2, 0.25) is 0 Å². The highest BCUT2D eigenvalue weighted by molar-refractivity contribution is 7.99. The molecule has 1 unspecified atom stereocenters. The van der Waals surface area contributed by atoms with Gasteiger partial charge in [-0.1, -0.05) is 30.3 Å². The number of hydrogen-bond donors (Lipinski definition) is 1. The molecular weight excluding hydrogens is 308 g/mol. The number of rotatable bonds is 6. The SMILES string of the molecule is O=C(NCCc1ccccc1)c1cccnc1OC1CCSC1. The van der Waals surface area contributed by atoms with Crippen LogP contribution in [0.1, 0.15) is 22.3 Å². The van der Waals surface area contributed by atoms with Crippen LogP contribution in [0, 0.1) is 0 Å². The van der Waals surface area contributed by atoms with Gasteiger partial charge in [0.2, 0.25) is 5.88 Å². The number of benzene rings is 1. The van der Waals surface area contributed by atoms with Gasteiger partial charge in [0.25, 0.3) is 5.91 Å². The van der Waals surface area contributed by atoms with Crippen molar-refractivity contribution in [3.8, 4) is 5.88 Å². The number of nitrogens with zero attached hydrogens (tertiary/aromatic N) is 1. The second-order valence-corrected chi connectivity index (χ2v) is 6.60. The first-order chi connectivity index (χ1) is 11.3. The molecule has 1 saturated heterocycles. The van der Waals surface area contributed by atoms with E-state index in [1.807, 2.05) is 30.0 Å². The lowest BCUT2D eigenvalue weighted by molar-refractivity contribution is 0.0946. The minimum Gasteiger partial charge on any atom is -0.473 e. The van der Waals surface area contributed by atoms with E-state index in [9.17, 15) is 4.79 Å². The molecule has 3 rings (SSSR count). The van der Waals surface area contributed by atoms with Crippen LogP contribution in [0.4, 0.5) is 0 Å². The van der Waals surface area contributed by atoms with E-state index >= 15 is 0 Å². The minimum absolute atomic E-state index is 0.130. The van der Waals surface area contributed by atoms with E-state index < -0.39 is 0 Å². The van der Waals surface area contributed by atoms with E-state index in [0.29, 0.717) is 18.0 Å². The average molecular weight is 328 g/mol. The zero-order valence-corrected chi connectivity index (χ0v) is 13.7. The van der Waals surface area contributed by atoms with Gasteiger partial charge in [-0.3, -0.25) is 4.79 Å². The first-order valence-corrected chi connectivity index (χ1v) is 9.00. The number of thioether (sulfide) groups is 1. The third kappa shape index (κ3) is 4.48. The van der Waals surface area contributed by atoms with Gasteiger partial charge in [-0.25, -0.2) is 4.98 Å². The number of amides is 1. The normalized spacial score (nSPS) is 17.0. The third-order valence-electron chi connectivity index (χ3n) is 3.72. The Morgan fingerprint density at radius 1 is 1.26 bits per heavy atom. The number of carbonyl (C=O) groups is 1. The first kappa shape index (κ1) is 15.9. The van der Waals surface area contributed by atoms with Crippen LogP contribution in [-0.4, -0.2) is 35.0 Å². The van der Waals surface area contributed by atoms with Crippen LogP contribution < -0.4 is 10.1 Å². The van der Waals surface area contributed by atoms with Crippen molar-refractivity contribution in [1.82, 2.24) is 10.3 Å². The van der Waals surface area contributed by atoms with E-state index in [1.165, 1.54) is 5.56 Å². The van der Waals surface area contributed by atoms with Crippen molar-refractivity contribution in [3.05, 3.63) is 59.8 Å². The molecule has 1 atom stereocenters. The average Bonchev–Trinajstić information content (AvgIpc) is 3.09. The zero-order valence-electron chi connectivity index (χ0n) is 12.9. The number of pyridine rings is 1. The largest absolute Gasteiger partial charge is 0.473 e. The topological polar surface area (TPSA) is 51.2 Å². The highest BCUT2D eigenvalue weighted by Gasteiger charge is 2.21. The van der Waals surface area contributed by atoms with Gasteiger partial charge in [0, 0.05) is 18.5 Å². The van der Waals surface area contributed by atoms with Crippen molar-refractivity contribution >= 4 is 17.7 Å². The monoisotopic (exact) mass is 328 g/mol. The number of aromatic nitrogens is 1. The molecule has 2 heterocycles. The molecule has 0 bridgehead atoms. The Morgan fingerprint density at radius 2 is 2.13 bits per heavy atom. The van der Waals surface area contributed by atoms with Gasteiger partial charge in [-0.15, -0.1) is 0 Å². The Bertz CT molecular complexity index is 642. The summed E-state index contributed by atoms with van der Waals surface area (Å²) in [4.78, 5) is 16.6. The molecule has 1 aliphatic rings. The maximum atomic E-state index is 12.4. The summed E-state index contributed by atoms with van der Waals surface area (Å²) in [6.45, 7) is 0.594. The van der Waals surface area contributed by atoms with Gasteiger partial charge in [-0.2, -0.15) is 11.8 Å². The molecule has 0 spiro atoms. The molecule has 0 aliphatic carbocycles. The highest BCUT2D eigenvalue weighted by atomic mass is 32.2. The van der Waals surface area contributed by atoms with Crippen molar-refractivity contribution in [2.24, 2.45) is 0 Å². The van der Waals surface area contributed by atoms with E-state index in [0.717, 1.165) is 24.3 Å². The lowest BCUT2D eigenvalue weighted by Gasteiger charge is -2.14. The summed E-state index contributed by atoms with van der Waals surface area (Å²) in [6.07, 6.45) is 3.64. The minimum atomic E-state index is -0.130. The lowest BCUT2D eigenvalue weighted by atomic mass is 10.1. The van der Waals surface area contributed by atoms with E-state index in [1.54, 1.807) is 18.3 Å². The molecule has 1 aromatic carbocycles. The summed E-state index contributed by atoms with van der Waals surface area (Å²) in [6, 6.07) is 13.6. The summed E-state index contributed by atoms with van der Waals surface area (Å²) in [5, 5.41) is 2.95. The Morgan fingerprint density at radius 3 is 2.91 bits per heavy atom. The van der Waals surface area contributed by atoms with E-state index in [-0.39, 0.29) is 12.0 Å². The fraction of sp³-hybridized carbons (Fsp3) is 0.333. The van der Waals surface area contributed by atoms with Gasteiger partial charge in [0.15, 0.2) is 0 Å². The number of hydrogen-bond acceptors (Lipinski definition) is 4. The second kappa shape index (κ2) is 8.02. The van der Waals surface area contributed by atoms with Crippen molar-refractivity contribution in [1.29, 1.82) is 0 Å². The Hall–Kier alpha value is -2.01. The van der Waals surface area contributed by atoms with Crippen molar-refractivity contribution in [3.63, 3.8) is 0 Å². The molecule has 1 aromatic heterocycles. The second-order valence-electron chi connectivity index (χ2n) is 5.45. The Balaban J connectivity index is 1.58. The first-order valence-electron chi connectivity index (χ1n) is 7.84. The van der Waals surface area contributed by atoms with Gasteiger partial charge in [0.05, 0.1) is 0 Å². The van der Waals surface area contributed by atoms with Crippen LogP contribution >= 0.6 is 11.8 Å². The smallest absolute Gasteiger partial charge is 0.256 e. The van der Waals surface area contributed by atoms with Gasteiger partial charge < -0.3 is 10.1 Å². The van der Waals surface area contributed by atoms with E-state index in [4.69, 9.17) is 4.74 Å². The standard InChI is InChI=1S/C18H20N2O2S/c21-17(19-11-8-14-5-2-1-3-6-14)16-7-4-10-20-18(16)22-15-9-12-23-13-15/h1-7,10,15H,8-9,11-13H2,(H,19,21). The third-order valence-corrected chi connectivity index (χ3v) is 4.86. The van der Waals surface area contributed by atoms with Crippen LogP contribution in [0.3, 0.4) is 0 Å². The molecule has 1 N–H and O–H groups in total. The maximum absolute atomic E-state index is 12.4. The van der Waals surface area contributed by atoms with Gasteiger partial charge in [0.1, 0.15) is 11.7 Å². The molecule has 2 aromatic rings. The predicted octanol–water partition coefficient (Wildman–Crippen LogP) is 2.94. The fourth-order valence-electron chi connectivity index (χ4n) is 2.48. The number of carbonyl (C=O) groups excluding carboxylic acids is 1. The van der Waals surface area contributed by atoms with Crippen LogP contribution in [-0.2, 0) is 6.42 Å². The molecule has 120 valence electrons. The molecule has 23 heavy (non-hydrogen) atoms. The number of ether oxygens (including phenoxy) is 1. The van der Waals surface area contributed by atoms with Crippen LogP contribution in [0.15, 0.2) is 48.7 Å². The molecular formula is C18H20N2O2S. The Labute approximate surface area is 140 Å². The van der Waals surface area contributed by atoms with Gasteiger partial charge in [-0.05, 0) is 36.3 Å². The molecule has 1 amide bonds. The van der Waals surface area contributed by atoms with Crippen molar-refractivity contribution in [2.75, 3.05) is 18.1 Å². The van der Waals surface area contributed by atoms with Crippen molar-refractivity contribution < 1.29 is 9.53 Å². The molecule has 4 nitrogen and oxygen atoms in total. The van der Waals surface area contributed by atoms with E-state index in [2.05, 4.69) is 22.4 Å². The summed E-state index contributed by atoms with van der Waals surface area (Å²) >= 11 is 1.87. The van der Waals surface area contributed by atoms with Gasteiger partial charge >= 0.3 is 0 Å². The van der Waals surface area contributed by atoms with Crippen molar-refractivity contribution in [2.45, 2.75) is 18.9 Å². The zero-order chi connectivity index (χ0) is 15.9. The summed E-state index contributed by atoms with van der Waals surface area (Å²) in [7, 11) is 0. The molecule has 0 radical (unpaired) electrons. The summed E-state index contributed by atoms with van der Waals surface area (Å²) in [5.74, 6) is 2.38.